The third-order valence-electron chi connectivity index (χ3n) is 4.45. The number of carbonyl (C=O) groups excluding carboxylic acids is 1. The molecule has 1 saturated heterocycles. The molecule has 1 aliphatic rings. The van der Waals surface area contributed by atoms with E-state index in [1.165, 1.54) is 35.2 Å². The summed E-state index contributed by atoms with van der Waals surface area (Å²) in [5.41, 5.74) is 1.67. The molecule has 3 heterocycles. The van der Waals surface area contributed by atoms with Crippen molar-refractivity contribution in [3.63, 3.8) is 0 Å². The van der Waals surface area contributed by atoms with Gasteiger partial charge in [-0.25, -0.2) is 14.4 Å². The summed E-state index contributed by atoms with van der Waals surface area (Å²) in [5.74, 6) is 1.06. The number of piperazine rings is 1. The van der Waals surface area contributed by atoms with Gasteiger partial charge in [0.15, 0.2) is 4.34 Å². The van der Waals surface area contributed by atoms with E-state index in [1.54, 1.807) is 30.7 Å². The molecule has 0 radical (unpaired) electrons. The van der Waals surface area contributed by atoms with Crippen molar-refractivity contribution in [2.75, 3.05) is 36.8 Å². The van der Waals surface area contributed by atoms with E-state index in [2.05, 4.69) is 19.9 Å². The van der Waals surface area contributed by atoms with Crippen LogP contribution in [0.4, 0.5) is 10.2 Å². The Balaban J connectivity index is 1.28. The molecule has 6 nitrogen and oxygen atoms in total. The Labute approximate surface area is 170 Å². The number of aromatic nitrogens is 3. The Morgan fingerprint density at radius 3 is 2.64 bits per heavy atom. The molecule has 1 aromatic carbocycles. The molecule has 144 valence electrons. The maximum atomic E-state index is 13.0. The first kappa shape index (κ1) is 18.8. The lowest BCUT2D eigenvalue weighted by atomic mass is 10.2. The number of rotatable bonds is 5. The smallest absolute Gasteiger partial charge is 0.233 e. The van der Waals surface area contributed by atoms with Gasteiger partial charge in [0.05, 0.1) is 17.6 Å². The fourth-order valence-corrected chi connectivity index (χ4v) is 4.67. The first-order valence-electron chi connectivity index (χ1n) is 8.82. The second-order valence-electron chi connectivity index (χ2n) is 6.23. The molecule has 1 fully saturated rings. The Kier molecular flexibility index (Phi) is 5.82. The molecule has 1 amide bonds. The lowest BCUT2D eigenvalue weighted by molar-refractivity contribution is -0.128. The van der Waals surface area contributed by atoms with Gasteiger partial charge in [-0.1, -0.05) is 11.8 Å². The minimum atomic E-state index is -0.265. The van der Waals surface area contributed by atoms with Crippen molar-refractivity contribution in [1.82, 2.24) is 19.9 Å². The number of halogens is 1. The van der Waals surface area contributed by atoms with E-state index in [-0.39, 0.29) is 11.7 Å². The highest BCUT2D eigenvalue weighted by molar-refractivity contribution is 8.01. The summed E-state index contributed by atoms with van der Waals surface area (Å²) in [4.78, 5) is 29.5. The van der Waals surface area contributed by atoms with Crippen molar-refractivity contribution in [2.45, 2.75) is 4.34 Å². The van der Waals surface area contributed by atoms with Crippen LogP contribution in [0.1, 0.15) is 0 Å². The summed E-state index contributed by atoms with van der Waals surface area (Å²) in [6.07, 6.45) is 5.08. The van der Waals surface area contributed by atoms with E-state index < -0.39 is 0 Å². The lowest BCUT2D eigenvalue weighted by Crippen LogP contribution is -2.49. The lowest BCUT2D eigenvalue weighted by Gasteiger charge is -2.35. The first-order valence-corrected chi connectivity index (χ1v) is 10.7. The predicted molar refractivity (Wildman–Crippen MR) is 109 cm³/mol. The van der Waals surface area contributed by atoms with Gasteiger partial charge < -0.3 is 9.80 Å². The van der Waals surface area contributed by atoms with Gasteiger partial charge in [-0.15, -0.1) is 11.3 Å². The topological polar surface area (TPSA) is 62.2 Å². The number of thiazole rings is 1. The van der Waals surface area contributed by atoms with Crippen LogP contribution < -0.4 is 4.90 Å². The fourth-order valence-electron chi connectivity index (χ4n) is 2.93. The average molecular weight is 416 g/mol. The summed E-state index contributed by atoms with van der Waals surface area (Å²) < 4.78 is 13.9. The zero-order valence-electron chi connectivity index (χ0n) is 15.0. The number of hydrogen-bond acceptors (Lipinski definition) is 7. The molecule has 0 unspecified atom stereocenters. The van der Waals surface area contributed by atoms with E-state index >= 15 is 0 Å². The van der Waals surface area contributed by atoms with Crippen LogP contribution in [0.2, 0.25) is 0 Å². The summed E-state index contributed by atoms with van der Waals surface area (Å²) in [6, 6.07) is 6.26. The highest BCUT2D eigenvalue weighted by Gasteiger charge is 2.22. The third-order valence-corrected chi connectivity index (χ3v) is 6.45. The maximum Gasteiger partial charge on any atom is 0.233 e. The quantitative estimate of drug-likeness (QED) is 0.597. The molecule has 1 aliphatic heterocycles. The zero-order chi connectivity index (χ0) is 19.3. The fraction of sp³-hybridized carbons (Fsp3) is 0.263. The standard InChI is InChI=1S/C19H18FN5OS2/c20-15-3-1-14(2-4-15)16-12-27-19(23-16)28-13-18(26)25-9-7-24(8-10-25)17-11-21-5-6-22-17/h1-6,11-12H,7-10,13H2. The van der Waals surface area contributed by atoms with Crippen LogP contribution in [0, 0.1) is 5.82 Å². The largest absolute Gasteiger partial charge is 0.352 e. The molecule has 2 aromatic heterocycles. The van der Waals surface area contributed by atoms with E-state index in [0.29, 0.717) is 18.8 Å². The number of anilines is 1. The summed E-state index contributed by atoms with van der Waals surface area (Å²) >= 11 is 2.94. The number of nitrogens with zero attached hydrogens (tertiary/aromatic N) is 5. The third kappa shape index (κ3) is 4.48. The Morgan fingerprint density at radius 2 is 1.93 bits per heavy atom. The van der Waals surface area contributed by atoms with Crippen LogP contribution in [-0.4, -0.2) is 57.7 Å². The first-order chi connectivity index (χ1) is 13.7. The molecule has 28 heavy (non-hydrogen) atoms. The van der Waals surface area contributed by atoms with E-state index in [4.69, 9.17) is 0 Å². The molecule has 0 N–H and O–H groups in total. The minimum Gasteiger partial charge on any atom is -0.352 e. The predicted octanol–water partition coefficient (Wildman–Crippen LogP) is 3.18. The number of carbonyl (C=O) groups is 1. The van der Waals surface area contributed by atoms with Gasteiger partial charge in [-0.05, 0) is 24.3 Å². The highest BCUT2D eigenvalue weighted by Crippen LogP contribution is 2.28. The van der Waals surface area contributed by atoms with Gasteiger partial charge in [-0.2, -0.15) is 0 Å². The van der Waals surface area contributed by atoms with Crippen molar-refractivity contribution in [3.05, 3.63) is 54.1 Å². The molecule has 0 atom stereocenters. The second kappa shape index (κ2) is 8.66. The van der Waals surface area contributed by atoms with Crippen LogP contribution in [0.3, 0.4) is 0 Å². The summed E-state index contributed by atoms with van der Waals surface area (Å²) in [5, 5.41) is 1.93. The van der Waals surface area contributed by atoms with Crippen molar-refractivity contribution in [3.8, 4) is 11.3 Å². The Hall–Kier alpha value is -2.52. The normalized spacial score (nSPS) is 14.3. The van der Waals surface area contributed by atoms with E-state index in [0.717, 1.165) is 34.5 Å². The second-order valence-corrected chi connectivity index (χ2v) is 8.31. The van der Waals surface area contributed by atoms with Crippen molar-refractivity contribution < 1.29 is 9.18 Å². The van der Waals surface area contributed by atoms with Crippen molar-refractivity contribution in [1.29, 1.82) is 0 Å². The number of amides is 1. The van der Waals surface area contributed by atoms with E-state index in [1.807, 2.05) is 10.3 Å². The van der Waals surface area contributed by atoms with Gasteiger partial charge in [0, 0.05) is 49.5 Å². The molecular formula is C19H18FN5OS2. The summed E-state index contributed by atoms with van der Waals surface area (Å²) in [6.45, 7) is 2.85. The Bertz CT molecular complexity index is 927. The van der Waals surface area contributed by atoms with Gasteiger partial charge in [0.1, 0.15) is 11.6 Å². The minimum absolute atomic E-state index is 0.113. The van der Waals surface area contributed by atoms with Crippen LogP contribution >= 0.6 is 23.1 Å². The SMILES string of the molecule is O=C(CSc1nc(-c2ccc(F)cc2)cs1)N1CCN(c2cnccn2)CC1. The van der Waals surface area contributed by atoms with Gasteiger partial charge in [0.25, 0.3) is 0 Å². The van der Waals surface area contributed by atoms with Crippen LogP contribution in [0.25, 0.3) is 11.3 Å². The molecular weight excluding hydrogens is 397 g/mol. The van der Waals surface area contributed by atoms with Crippen molar-refractivity contribution in [2.24, 2.45) is 0 Å². The van der Waals surface area contributed by atoms with Crippen LogP contribution in [0.5, 0.6) is 0 Å². The Morgan fingerprint density at radius 1 is 1.14 bits per heavy atom. The molecule has 0 aliphatic carbocycles. The van der Waals surface area contributed by atoms with Crippen LogP contribution in [-0.2, 0) is 4.79 Å². The number of hydrogen-bond donors (Lipinski definition) is 0. The van der Waals surface area contributed by atoms with Gasteiger partial charge in [0.2, 0.25) is 5.91 Å². The number of thioether (sulfide) groups is 1. The summed E-state index contributed by atoms with van der Waals surface area (Å²) in [7, 11) is 0. The molecule has 0 bridgehead atoms. The molecule has 4 rings (SSSR count). The maximum absolute atomic E-state index is 13.0. The average Bonchev–Trinajstić information content (AvgIpc) is 3.22. The molecule has 9 heteroatoms. The van der Waals surface area contributed by atoms with Gasteiger partial charge >= 0.3 is 0 Å². The van der Waals surface area contributed by atoms with E-state index in [9.17, 15) is 9.18 Å². The molecule has 0 spiro atoms. The van der Waals surface area contributed by atoms with Gasteiger partial charge in [-0.3, -0.25) is 9.78 Å². The zero-order valence-corrected chi connectivity index (χ0v) is 16.6. The molecule has 3 aromatic rings. The van der Waals surface area contributed by atoms with Crippen molar-refractivity contribution >= 4 is 34.8 Å². The molecule has 0 saturated carbocycles. The monoisotopic (exact) mass is 415 g/mol. The number of benzene rings is 1. The highest BCUT2D eigenvalue weighted by atomic mass is 32.2. The van der Waals surface area contributed by atoms with Crippen LogP contribution in [0.15, 0.2) is 52.6 Å².